The fourth-order valence-electron chi connectivity index (χ4n) is 1.95. The first-order chi connectivity index (χ1) is 8.31. The fraction of sp³-hybridized carbons (Fsp3) is 0.583. The number of nitrogens with two attached hydrogens (primary N) is 1. The molecular weight excluding hydrogens is 272 g/mol. The number of morpholine rings is 1. The van der Waals surface area contributed by atoms with E-state index in [1.165, 1.54) is 5.56 Å². The molecule has 102 valence electrons. The van der Waals surface area contributed by atoms with Crippen molar-refractivity contribution in [3.05, 3.63) is 22.4 Å². The Balaban J connectivity index is 0.00000162. The first kappa shape index (κ1) is 15.4. The Morgan fingerprint density at radius 3 is 3.11 bits per heavy atom. The Morgan fingerprint density at radius 1 is 1.61 bits per heavy atom. The van der Waals surface area contributed by atoms with Crippen LogP contribution in [0.25, 0.3) is 0 Å². The third-order valence-electron chi connectivity index (χ3n) is 2.93. The number of ether oxygens (including phenoxy) is 1. The van der Waals surface area contributed by atoms with Crippen LogP contribution in [0.4, 0.5) is 0 Å². The van der Waals surface area contributed by atoms with E-state index >= 15 is 0 Å². The summed E-state index contributed by atoms with van der Waals surface area (Å²) < 4.78 is 5.70. The molecule has 1 unspecified atom stereocenters. The maximum atomic E-state index is 11.9. The van der Waals surface area contributed by atoms with E-state index in [0.717, 1.165) is 6.42 Å². The first-order valence-electron chi connectivity index (χ1n) is 5.93. The average Bonchev–Trinajstić information content (AvgIpc) is 2.90. The van der Waals surface area contributed by atoms with Crippen molar-refractivity contribution in [2.24, 2.45) is 5.73 Å². The number of hydrogen-bond donors (Lipinski definition) is 1. The van der Waals surface area contributed by atoms with E-state index in [-0.39, 0.29) is 24.4 Å². The molecule has 0 saturated carbocycles. The van der Waals surface area contributed by atoms with Gasteiger partial charge >= 0.3 is 0 Å². The minimum absolute atomic E-state index is 0. The Hall–Kier alpha value is -0.620. The molecule has 0 aromatic carbocycles. The lowest BCUT2D eigenvalue weighted by Crippen LogP contribution is -2.42. The van der Waals surface area contributed by atoms with Crippen LogP contribution in [0.5, 0.6) is 0 Å². The van der Waals surface area contributed by atoms with Gasteiger partial charge in [0, 0.05) is 13.0 Å². The summed E-state index contributed by atoms with van der Waals surface area (Å²) in [6.45, 7) is 2.56. The van der Waals surface area contributed by atoms with Crippen LogP contribution in [-0.4, -0.2) is 37.0 Å². The Morgan fingerprint density at radius 2 is 2.44 bits per heavy atom. The minimum atomic E-state index is 0. The van der Waals surface area contributed by atoms with Crippen molar-refractivity contribution in [3.8, 4) is 0 Å². The first-order valence-corrected chi connectivity index (χ1v) is 6.87. The Kier molecular flexibility index (Phi) is 6.63. The van der Waals surface area contributed by atoms with Crippen LogP contribution in [0.2, 0.25) is 0 Å². The summed E-state index contributed by atoms with van der Waals surface area (Å²) in [5, 5.41) is 4.12. The number of halogens is 1. The van der Waals surface area contributed by atoms with Gasteiger partial charge in [-0.3, -0.25) is 4.79 Å². The number of nitrogens with zero attached hydrogens (tertiary/aromatic N) is 1. The molecule has 1 aromatic rings. The summed E-state index contributed by atoms with van der Waals surface area (Å²) in [5.74, 6) is 0.193. The van der Waals surface area contributed by atoms with E-state index in [0.29, 0.717) is 32.7 Å². The SMILES string of the molecule is Cl.NCCCC(=O)N1CCOC(c2ccsc2)C1. The number of thiophene rings is 1. The summed E-state index contributed by atoms with van der Waals surface area (Å²) in [6.07, 6.45) is 1.35. The number of amides is 1. The number of hydrogen-bond acceptors (Lipinski definition) is 4. The van der Waals surface area contributed by atoms with Crippen LogP contribution < -0.4 is 5.73 Å². The van der Waals surface area contributed by atoms with Gasteiger partial charge in [-0.15, -0.1) is 12.4 Å². The van der Waals surface area contributed by atoms with Gasteiger partial charge in [-0.2, -0.15) is 11.3 Å². The highest BCUT2D eigenvalue weighted by Crippen LogP contribution is 2.24. The standard InChI is InChI=1S/C12H18N2O2S.ClH/c13-4-1-2-12(15)14-5-6-16-11(8-14)10-3-7-17-9-10;/h3,7,9,11H,1-2,4-6,8,13H2;1H. The molecule has 1 amide bonds. The molecule has 1 aromatic heterocycles. The summed E-state index contributed by atoms with van der Waals surface area (Å²) >= 11 is 1.66. The van der Waals surface area contributed by atoms with Gasteiger partial charge in [0.2, 0.25) is 5.91 Å². The Bertz CT molecular complexity index is 359. The van der Waals surface area contributed by atoms with Gasteiger partial charge in [-0.1, -0.05) is 0 Å². The number of carbonyl (C=O) groups is 1. The van der Waals surface area contributed by atoms with Gasteiger partial charge in [-0.25, -0.2) is 0 Å². The van der Waals surface area contributed by atoms with E-state index in [1.807, 2.05) is 10.3 Å². The number of carbonyl (C=O) groups excluding carboxylic acids is 1. The smallest absolute Gasteiger partial charge is 0.222 e. The zero-order valence-electron chi connectivity index (χ0n) is 10.2. The van der Waals surface area contributed by atoms with Crippen LogP contribution >= 0.6 is 23.7 Å². The highest BCUT2D eigenvalue weighted by molar-refractivity contribution is 7.07. The molecule has 18 heavy (non-hydrogen) atoms. The third kappa shape index (κ3) is 3.95. The molecule has 0 aliphatic carbocycles. The van der Waals surface area contributed by atoms with Gasteiger partial charge in [0.15, 0.2) is 0 Å². The molecule has 1 saturated heterocycles. The monoisotopic (exact) mass is 290 g/mol. The van der Waals surface area contributed by atoms with E-state index in [4.69, 9.17) is 10.5 Å². The number of rotatable bonds is 4. The quantitative estimate of drug-likeness (QED) is 0.920. The van der Waals surface area contributed by atoms with Crippen LogP contribution in [0.3, 0.4) is 0 Å². The molecule has 4 nitrogen and oxygen atoms in total. The van der Waals surface area contributed by atoms with E-state index < -0.39 is 0 Å². The van der Waals surface area contributed by atoms with Crippen LogP contribution in [0.15, 0.2) is 16.8 Å². The summed E-state index contributed by atoms with van der Waals surface area (Å²) in [6, 6.07) is 2.06. The van der Waals surface area contributed by atoms with E-state index in [9.17, 15) is 4.79 Å². The molecule has 1 aliphatic rings. The van der Waals surface area contributed by atoms with Crippen molar-refractivity contribution in [2.75, 3.05) is 26.2 Å². The molecule has 6 heteroatoms. The zero-order chi connectivity index (χ0) is 12.1. The molecule has 1 atom stereocenters. The maximum absolute atomic E-state index is 11.9. The van der Waals surface area contributed by atoms with Gasteiger partial charge in [0.05, 0.1) is 13.2 Å². The van der Waals surface area contributed by atoms with Crippen molar-refractivity contribution in [3.63, 3.8) is 0 Å². The maximum Gasteiger partial charge on any atom is 0.222 e. The second-order valence-corrected chi connectivity index (χ2v) is 4.93. The van der Waals surface area contributed by atoms with Crippen LogP contribution in [0, 0.1) is 0 Å². The largest absolute Gasteiger partial charge is 0.370 e. The van der Waals surface area contributed by atoms with Crippen LogP contribution in [-0.2, 0) is 9.53 Å². The molecule has 0 bridgehead atoms. The van der Waals surface area contributed by atoms with Crippen molar-refractivity contribution >= 4 is 29.7 Å². The van der Waals surface area contributed by atoms with Gasteiger partial charge in [0.25, 0.3) is 0 Å². The van der Waals surface area contributed by atoms with E-state index in [2.05, 4.69) is 11.4 Å². The summed E-state index contributed by atoms with van der Waals surface area (Å²) in [4.78, 5) is 13.8. The predicted molar refractivity (Wildman–Crippen MR) is 75.1 cm³/mol. The fourth-order valence-corrected chi connectivity index (χ4v) is 2.65. The molecule has 2 rings (SSSR count). The molecular formula is C12H19ClN2O2S. The summed E-state index contributed by atoms with van der Waals surface area (Å²) in [7, 11) is 0. The highest BCUT2D eigenvalue weighted by atomic mass is 35.5. The third-order valence-corrected chi connectivity index (χ3v) is 3.63. The molecule has 1 fully saturated rings. The molecule has 0 spiro atoms. The predicted octanol–water partition coefficient (Wildman–Crippen LogP) is 1.81. The second-order valence-electron chi connectivity index (χ2n) is 4.15. The second kappa shape index (κ2) is 7.74. The normalized spacial score (nSPS) is 19.4. The van der Waals surface area contributed by atoms with E-state index in [1.54, 1.807) is 11.3 Å². The molecule has 2 N–H and O–H groups in total. The van der Waals surface area contributed by atoms with Crippen molar-refractivity contribution in [1.29, 1.82) is 0 Å². The van der Waals surface area contributed by atoms with Gasteiger partial charge in [-0.05, 0) is 35.4 Å². The molecule has 1 aliphatic heterocycles. The lowest BCUT2D eigenvalue weighted by Gasteiger charge is -2.32. The van der Waals surface area contributed by atoms with Gasteiger partial charge in [0.1, 0.15) is 6.10 Å². The average molecular weight is 291 g/mol. The van der Waals surface area contributed by atoms with Gasteiger partial charge < -0.3 is 15.4 Å². The highest BCUT2D eigenvalue weighted by Gasteiger charge is 2.24. The lowest BCUT2D eigenvalue weighted by atomic mass is 10.1. The van der Waals surface area contributed by atoms with Crippen molar-refractivity contribution < 1.29 is 9.53 Å². The minimum Gasteiger partial charge on any atom is -0.370 e. The van der Waals surface area contributed by atoms with Crippen molar-refractivity contribution in [2.45, 2.75) is 18.9 Å². The zero-order valence-corrected chi connectivity index (χ0v) is 11.8. The lowest BCUT2D eigenvalue weighted by molar-refractivity contribution is -0.139. The summed E-state index contributed by atoms with van der Waals surface area (Å²) in [5.41, 5.74) is 6.59. The Labute approximate surface area is 118 Å². The van der Waals surface area contributed by atoms with Crippen LogP contribution in [0.1, 0.15) is 24.5 Å². The van der Waals surface area contributed by atoms with Crippen molar-refractivity contribution in [1.82, 2.24) is 4.90 Å². The molecule has 0 radical (unpaired) electrons. The molecule has 2 heterocycles. The topological polar surface area (TPSA) is 55.6 Å².